The van der Waals surface area contributed by atoms with Gasteiger partial charge in [0.15, 0.2) is 0 Å². The standard InChI is InChI=1S/C30H28N3.C11H6F2N.Ir/c1-32(2)23-10-12-25-26-13-11-24(33(3)4)17-28(26)30(27(25)16-23)18-21-9-8-20(15-22(21)19-30)29-7-5-6-14-31-29;12-9-6-10(13)11(14-7-9)8-4-2-1-3-5-8;/h5-7,9-17H,18-19H2,1-4H3;1-4,6-7H;/q2*-1;. The zero-order chi connectivity index (χ0) is 32.7. The third-order valence-electron chi connectivity index (χ3n) is 9.19. The Morgan fingerprint density at radius 2 is 1.35 bits per heavy atom. The molecule has 0 fully saturated rings. The van der Waals surface area contributed by atoms with Gasteiger partial charge in [-0.05, 0) is 71.1 Å². The summed E-state index contributed by atoms with van der Waals surface area (Å²) in [7, 11) is 8.49. The van der Waals surface area contributed by atoms with Gasteiger partial charge in [0.1, 0.15) is 11.6 Å². The Morgan fingerprint density at radius 3 is 1.94 bits per heavy atom. The maximum absolute atomic E-state index is 13.2. The summed E-state index contributed by atoms with van der Waals surface area (Å²) in [5.41, 5.74) is 13.6. The maximum Gasteiger partial charge on any atom is 0.142 e. The van der Waals surface area contributed by atoms with Crippen LogP contribution in [-0.2, 0) is 38.4 Å². The van der Waals surface area contributed by atoms with Gasteiger partial charge in [0.25, 0.3) is 0 Å². The fraction of sp³-hybridized carbons (Fsp3) is 0.171. The Bertz CT molecular complexity index is 2020. The van der Waals surface area contributed by atoms with Crippen LogP contribution in [0, 0.1) is 23.8 Å². The van der Waals surface area contributed by atoms with Crippen molar-refractivity contribution in [3.8, 4) is 33.6 Å². The predicted molar refractivity (Wildman–Crippen MR) is 186 cm³/mol. The minimum atomic E-state index is -0.679. The molecule has 7 heteroatoms. The van der Waals surface area contributed by atoms with Crippen LogP contribution in [0.15, 0.2) is 109 Å². The third kappa shape index (κ3) is 6.05. The second-order valence-electron chi connectivity index (χ2n) is 12.6. The van der Waals surface area contributed by atoms with Crippen molar-refractivity contribution in [2.24, 2.45) is 0 Å². The Morgan fingerprint density at radius 1 is 0.688 bits per heavy atom. The molecule has 1 spiro atoms. The van der Waals surface area contributed by atoms with Gasteiger partial charge in [-0.1, -0.05) is 24.3 Å². The topological polar surface area (TPSA) is 32.3 Å². The van der Waals surface area contributed by atoms with E-state index in [1.807, 2.05) is 18.3 Å². The number of hydrogen-bond donors (Lipinski definition) is 0. The quantitative estimate of drug-likeness (QED) is 0.167. The van der Waals surface area contributed by atoms with E-state index in [-0.39, 0.29) is 31.2 Å². The molecule has 0 saturated heterocycles. The van der Waals surface area contributed by atoms with Crippen LogP contribution in [0.2, 0.25) is 0 Å². The molecule has 2 aliphatic carbocycles. The molecule has 2 aliphatic rings. The number of aromatic nitrogens is 2. The normalized spacial score (nSPS) is 13.0. The van der Waals surface area contributed by atoms with Crippen molar-refractivity contribution >= 4 is 11.4 Å². The molecule has 243 valence electrons. The van der Waals surface area contributed by atoms with E-state index in [0.717, 1.165) is 36.4 Å². The van der Waals surface area contributed by atoms with Gasteiger partial charge in [0, 0.05) is 83.0 Å². The number of hydrogen-bond acceptors (Lipinski definition) is 4. The summed E-state index contributed by atoms with van der Waals surface area (Å²) < 4.78 is 25.8. The number of nitrogens with zero attached hydrogens (tertiary/aromatic N) is 4. The van der Waals surface area contributed by atoms with E-state index >= 15 is 0 Å². The van der Waals surface area contributed by atoms with Crippen LogP contribution in [0.3, 0.4) is 0 Å². The van der Waals surface area contributed by atoms with Gasteiger partial charge >= 0.3 is 0 Å². The molecule has 6 aromatic rings. The van der Waals surface area contributed by atoms with Crippen molar-refractivity contribution in [1.29, 1.82) is 0 Å². The predicted octanol–water partition coefficient (Wildman–Crippen LogP) is 8.57. The van der Waals surface area contributed by atoms with E-state index in [4.69, 9.17) is 0 Å². The Balaban J connectivity index is 0.000000225. The van der Waals surface area contributed by atoms with Crippen molar-refractivity contribution in [2.75, 3.05) is 38.0 Å². The second-order valence-corrected chi connectivity index (χ2v) is 12.6. The van der Waals surface area contributed by atoms with Crippen molar-refractivity contribution in [1.82, 2.24) is 9.97 Å². The first-order valence-corrected chi connectivity index (χ1v) is 15.6. The molecule has 48 heavy (non-hydrogen) atoms. The second kappa shape index (κ2) is 13.4. The number of halogens is 2. The number of rotatable bonds is 4. The van der Waals surface area contributed by atoms with Gasteiger partial charge in [-0.3, -0.25) is 4.98 Å². The molecule has 4 nitrogen and oxygen atoms in total. The zero-order valence-electron chi connectivity index (χ0n) is 27.2. The molecule has 8 rings (SSSR count). The van der Waals surface area contributed by atoms with Gasteiger partial charge in [0.2, 0.25) is 0 Å². The molecule has 0 unspecified atom stereocenters. The first-order valence-electron chi connectivity index (χ1n) is 15.6. The summed E-state index contributed by atoms with van der Waals surface area (Å²) in [5.74, 6) is -1.35. The summed E-state index contributed by atoms with van der Waals surface area (Å²) in [6.45, 7) is 0. The van der Waals surface area contributed by atoms with Crippen LogP contribution in [0.5, 0.6) is 0 Å². The van der Waals surface area contributed by atoms with Crippen molar-refractivity contribution in [2.45, 2.75) is 18.3 Å². The molecule has 0 aliphatic heterocycles. The molecular formula is C41H34F2IrN4-2. The minimum Gasteiger partial charge on any atom is -0.378 e. The molecule has 4 aromatic carbocycles. The monoisotopic (exact) mass is 813 g/mol. The van der Waals surface area contributed by atoms with Crippen molar-refractivity contribution in [3.63, 3.8) is 0 Å². The molecule has 0 bridgehead atoms. The van der Waals surface area contributed by atoms with E-state index in [9.17, 15) is 8.78 Å². The first-order chi connectivity index (χ1) is 22.7. The van der Waals surface area contributed by atoms with Crippen LogP contribution >= 0.6 is 0 Å². The van der Waals surface area contributed by atoms with E-state index in [1.54, 1.807) is 24.3 Å². The van der Waals surface area contributed by atoms with Gasteiger partial charge in [-0.2, -0.15) is 0 Å². The summed E-state index contributed by atoms with van der Waals surface area (Å²) in [5, 5.41) is 0. The summed E-state index contributed by atoms with van der Waals surface area (Å²) in [4.78, 5) is 12.6. The molecule has 0 saturated carbocycles. The van der Waals surface area contributed by atoms with Gasteiger partial charge in [-0.25, -0.2) is 8.78 Å². The average Bonchev–Trinajstić information content (AvgIpc) is 3.60. The van der Waals surface area contributed by atoms with Crippen LogP contribution in [0.4, 0.5) is 20.2 Å². The molecule has 1 radical (unpaired) electrons. The molecule has 2 heterocycles. The largest absolute Gasteiger partial charge is 0.378 e. The van der Waals surface area contributed by atoms with Crippen LogP contribution in [-0.4, -0.2) is 38.2 Å². The van der Waals surface area contributed by atoms with Crippen LogP contribution < -0.4 is 9.80 Å². The number of benzene rings is 4. The van der Waals surface area contributed by atoms with Crippen LogP contribution in [0.25, 0.3) is 33.6 Å². The number of pyridine rings is 2. The SMILES string of the molecule is CN(C)c1ccc2c(c1)C1(Cc3c[c-]c(-c4ccccn4)cc3C1)c1cc(N(C)C)ccc1-2.Fc1cnc(-c2[c-]cccc2)c(F)c1.[Ir]. The molecule has 0 N–H and O–H groups in total. The van der Waals surface area contributed by atoms with E-state index in [2.05, 4.69) is 115 Å². The first kappa shape index (κ1) is 33.2. The fourth-order valence-corrected chi connectivity index (χ4v) is 6.84. The minimum absolute atomic E-state index is 0. The molecule has 0 amide bonds. The molecular weight excluding hydrogens is 779 g/mol. The Hall–Kier alpha value is -4.71. The molecule has 0 atom stereocenters. The van der Waals surface area contributed by atoms with Gasteiger partial charge in [-0.15, -0.1) is 70.8 Å². The van der Waals surface area contributed by atoms with E-state index in [1.165, 1.54) is 44.8 Å². The third-order valence-corrected chi connectivity index (χ3v) is 9.19. The summed E-state index contributed by atoms with van der Waals surface area (Å²) >= 11 is 0. The van der Waals surface area contributed by atoms with Crippen molar-refractivity contribution in [3.05, 3.63) is 155 Å². The Kier molecular flexibility index (Phi) is 9.28. The van der Waals surface area contributed by atoms with E-state index < -0.39 is 11.6 Å². The Labute approximate surface area is 294 Å². The van der Waals surface area contributed by atoms with Gasteiger partial charge in [0.05, 0.1) is 6.20 Å². The average molecular weight is 813 g/mol. The van der Waals surface area contributed by atoms with Gasteiger partial charge < -0.3 is 14.8 Å². The summed E-state index contributed by atoms with van der Waals surface area (Å²) in [6, 6.07) is 38.5. The number of fused-ring (bicyclic) bond motifs is 6. The van der Waals surface area contributed by atoms with Crippen LogP contribution in [0.1, 0.15) is 22.3 Å². The van der Waals surface area contributed by atoms with E-state index in [0.29, 0.717) is 5.56 Å². The molecule has 2 aromatic heterocycles. The summed E-state index contributed by atoms with van der Waals surface area (Å²) in [6.07, 6.45) is 4.85. The van der Waals surface area contributed by atoms with Crippen molar-refractivity contribution < 1.29 is 28.9 Å². The fourth-order valence-electron chi connectivity index (χ4n) is 6.84. The smallest absolute Gasteiger partial charge is 0.142 e. The maximum atomic E-state index is 13.2. The number of anilines is 2. The zero-order valence-corrected chi connectivity index (χ0v) is 29.6.